The van der Waals surface area contributed by atoms with Crippen molar-refractivity contribution >= 4 is 22.5 Å². The molecule has 0 spiro atoms. The maximum atomic E-state index is 12.6. The summed E-state index contributed by atoms with van der Waals surface area (Å²) < 4.78 is 43.0. The lowest BCUT2D eigenvalue weighted by Crippen LogP contribution is -2.23. The van der Waals surface area contributed by atoms with Crippen molar-refractivity contribution in [3.8, 4) is 5.75 Å². The number of aryl methyl sites for hydroxylation is 1. The number of hydrogen-bond acceptors (Lipinski definition) is 3. The molecule has 3 aromatic heterocycles. The van der Waals surface area contributed by atoms with Crippen LogP contribution in [0, 0.1) is 6.92 Å². The number of halogens is 3. The number of nitrogens with zero attached hydrogens (tertiary/aromatic N) is 2. The Balaban J connectivity index is 1.54. The van der Waals surface area contributed by atoms with Gasteiger partial charge < -0.3 is 19.4 Å². The van der Waals surface area contributed by atoms with Crippen molar-refractivity contribution in [1.82, 2.24) is 19.7 Å². The number of carbonyl (C=O) groups excluding carboxylic acids is 1. The summed E-state index contributed by atoms with van der Waals surface area (Å²) in [5.41, 5.74) is 3.04. The van der Waals surface area contributed by atoms with Gasteiger partial charge in [0.15, 0.2) is 0 Å². The number of aromatic amines is 1. The molecular weight excluding hydrogens is 373 g/mol. The van der Waals surface area contributed by atoms with Gasteiger partial charge in [-0.25, -0.2) is 4.98 Å². The van der Waals surface area contributed by atoms with Crippen LogP contribution < -0.4 is 10.1 Å². The molecule has 1 amide bonds. The fraction of sp³-hybridized carbons (Fsp3) is 0.158. The van der Waals surface area contributed by atoms with Crippen LogP contribution in [0.15, 0.2) is 48.9 Å². The van der Waals surface area contributed by atoms with E-state index in [-0.39, 0.29) is 11.7 Å². The van der Waals surface area contributed by atoms with Crippen LogP contribution in [-0.4, -0.2) is 26.6 Å². The number of imidazole rings is 1. The Morgan fingerprint density at radius 3 is 2.86 bits per heavy atom. The minimum absolute atomic E-state index is 0.291. The third-order valence-corrected chi connectivity index (χ3v) is 4.41. The van der Waals surface area contributed by atoms with Gasteiger partial charge in [0.1, 0.15) is 17.1 Å². The van der Waals surface area contributed by atoms with Crippen LogP contribution in [0.4, 0.5) is 13.2 Å². The minimum atomic E-state index is -4.77. The molecule has 4 aromatic rings. The molecule has 28 heavy (non-hydrogen) atoms. The summed E-state index contributed by atoms with van der Waals surface area (Å²) >= 11 is 0. The summed E-state index contributed by atoms with van der Waals surface area (Å²) in [7, 11) is 0. The standard InChI is InChI=1S/C19H15F3N4O2/c1-11-14-9-13(28-19(20,21)22)2-3-15(14)25-17(11)18(27)24-10-12-4-6-26-7-5-23-16(26)8-12/h2-9,25H,10H2,1H3,(H,24,27). The molecule has 0 atom stereocenters. The average Bonchev–Trinajstić information content (AvgIpc) is 3.23. The molecule has 0 aliphatic heterocycles. The van der Waals surface area contributed by atoms with Gasteiger partial charge in [0, 0.05) is 36.0 Å². The smallest absolute Gasteiger partial charge is 0.406 e. The molecule has 0 saturated heterocycles. The highest BCUT2D eigenvalue weighted by Gasteiger charge is 2.31. The number of benzene rings is 1. The molecule has 1 aromatic carbocycles. The van der Waals surface area contributed by atoms with Gasteiger partial charge in [0.05, 0.1) is 0 Å². The van der Waals surface area contributed by atoms with Crippen molar-refractivity contribution in [2.45, 2.75) is 19.8 Å². The van der Waals surface area contributed by atoms with Crippen LogP contribution >= 0.6 is 0 Å². The second-order valence-electron chi connectivity index (χ2n) is 6.29. The van der Waals surface area contributed by atoms with Crippen molar-refractivity contribution in [2.24, 2.45) is 0 Å². The average molecular weight is 388 g/mol. The van der Waals surface area contributed by atoms with Crippen molar-refractivity contribution in [3.63, 3.8) is 0 Å². The first-order valence-electron chi connectivity index (χ1n) is 8.38. The third kappa shape index (κ3) is 3.51. The first-order valence-corrected chi connectivity index (χ1v) is 8.38. The maximum Gasteiger partial charge on any atom is 0.573 e. The van der Waals surface area contributed by atoms with Gasteiger partial charge in [-0.15, -0.1) is 13.2 Å². The molecule has 0 aliphatic carbocycles. The first kappa shape index (κ1) is 17.9. The van der Waals surface area contributed by atoms with Crippen LogP contribution in [0.5, 0.6) is 5.75 Å². The molecule has 0 fully saturated rings. The summed E-state index contributed by atoms with van der Waals surface area (Å²) in [6, 6.07) is 7.64. The number of alkyl halides is 3. The van der Waals surface area contributed by atoms with E-state index in [1.807, 2.05) is 28.9 Å². The van der Waals surface area contributed by atoms with E-state index in [1.165, 1.54) is 18.2 Å². The molecular formula is C19H15F3N4O2. The minimum Gasteiger partial charge on any atom is -0.406 e. The second-order valence-corrected chi connectivity index (χ2v) is 6.29. The highest BCUT2D eigenvalue weighted by atomic mass is 19.4. The highest BCUT2D eigenvalue weighted by Crippen LogP contribution is 2.29. The lowest BCUT2D eigenvalue weighted by Gasteiger charge is -2.08. The number of carbonyl (C=O) groups is 1. The van der Waals surface area contributed by atoms with Crippen molar-refractivity contribution in [1.29, 1.82) is 0 Å². The summed E-state index contributed by atoms with van der Waals surface area (Å²) in [6.07, 6.45) is 0.582. The molecule has 0 unspecified atom stereocenters. The number of rotatable bonds is 4. The molecule has 6 nitrogen and oxygen atoms in total. The van der Waals surface area contributed by atoms with Gasteiger partial charge in [0.2, 0.25) is 0 Å². The Bertz CT molecular complexity index is 1180. The second kappa shape index (κ2) is 6.59. The number of amides is 1. The summed E-state index contributed by atoms with van der Waals surface area (Å²) in [5.74, 6) is -0.683. The van der Waals surface area contributed by atoms with E-state index < -0.39 is 6.36 Å². The highest BCUT2D eigenvalue weighted by molar-refractivity contribution is 6.01. The van der Waals surface area contributed by atoms with Crippen LogP contribution in [0.25, 0.3) is 16.6 Å². The van der Waals surface area contributed by atoms with Gasteiger partial charge in [-0.05, 0) is 48.4 Å². The van der Waals surface area contributed by atoms with E-state index in [2.05, 4.69) is 20.0 Å². The van der Waals surface area contributed by atoms with E-state index in [0.717, 1.165) is 11.2 Å². The molecule has 9 heteroatoms. The topological polar surface area (TPSA) is 71.4 Å². The van der Waals surface area contributed by atoms with Crippen molar-refractivity contribution in [3.05, 3.63) is 65.7 Å². The molecule has 144 valence electrons. The predicted octanol–water partition coefficient (Wildman–Crippen LogP) is 3.95. The predicted molar refractivity (Wildman–Crippen MR) is 96.1 cm³/mol. The molecule has 0 saturated carbocycles. The monoisotopic (exact) mass is 388 g/mol. The molecule has 0 radical (unpaired) electrons. The Kier molecular flexibility index (Phi) is 4.21. The lowest BCUT2D eigenvalue weighted by atomic mass is 10.1. The summed E-state index contributed by atoms with van der Waals surface area (Å²) in [5, 5.41) is 3.30. The Morgan fingerprint density at radius 1 is 1.25 bits per heavy atom. The number of ether oxygens (including phenoxy) is 1. The number of pyridine rings is 1. The van der Waals surface area contributed by atoms with Crippen LogP contribution in [0.2, 0.25) is 0 Å². The van der Waals surface area contributed by atoms with Crippen LogP contribution in [0.3, 0.4) is 0 Å². The zero-order chi connectivity index (χ0) is 19.9. The normalized spacial score (nSPS) is 11.9. The van der Waals surface area contributed by atoms with E-state index in [0.29, 0.717) is 28.7 Å². The van der Waals surface area contributed by atoms with Gasteiger partial charge >= 0.3 is 6.36 Å². The van der Waals surface area contributed by atoms with Crippen LogP contribution in [0.1, 0.15) is 21.6 Å². The van der Waals surface area contributed by atoms with E-state index >= 15 is 0 Å². The van der Waals surface area contributed by atoms with Gasteiger partial charge in [-0.1, -0.05) is 0 Å². The van der Waals surface area contributed by atoms with E-state index in [4.69, 9.17) is 0 Å². The Morgan fingerprint density at radius 2 is 2.07 bits per heavy atom. The lowest BCUT2D eigenvalue weighted by molar-refractivity contribution is -0.274. The van der Waals surface area contributed by atoms with E-state index in [9.17, 15) is 18.0 Å². The molecule has 4 rings (SSSR count). The van der Waals surface area contributed by atoms with Crippen molar-refractivity contribution in [2.75, 3.05) is 0 Å². The SMILES string of the molecule is Cc1c(C(=O)NCc2ccn3ccnc3c2)[nH]c2ccc(OC(F)(F)F)cc12. The van der Waals surface area contributed by atoms with Gasteiger partial charge in [0.25, 0.3) is 5.91 Å². The summed E-state index contributed by atoms with van der Waals surface area (Å²) in [4.78, 5) is 19.7. The summed E-state index contributed by atoms with van der Waals surface area (Å²) in [6.45, 7) is 1.96. The molecule has 0 bridgehead atoms. The van der Waals surface area contributed by atoms with Gasteiger partial charge in [-0.2, -0.15) is 0 Å². The van der Waals surface area contributed by atoms with Crippen LogP contribution in [-0.2, 0) is 6.54 Å². The maximum absolute atomic E-state index is 12.6. The number of H-pyrrole nitrogens is 1. The number of aromatic nitrogens is 3. The number of fused-ring (bicyclic) bond motifs is 2. The molecule has 2 N–H and O–H groups in total. The largest absolute Gasteiger partial charge is 0.573 e. The molecule has 3 heterocycles. The Labute approximate surface area is 156 Å². The fourth-order valence-electron chi connectivity index (χ4n) is 3.06. The molecule has 0 aliphatic rings. The fourth-order valence-corrected chi connectivity index (χ4v) is 3.06. The first-order chi connectivity index (χ1) is 13.3. The van der Waals surface area contributed by atoms with Crippen molar-refractivity contribution < 1.29 is 22.7 Å². The number of nitrogens with one attached hydrogen (secondary N) is 2. The third-order valence-electron chi connectivity index (χ3n) is 4.41. The zero-order valence-corrected chi connectivity index (χ0v) is 14.7. The Hall–Kier alpha value is -3.49. The quantitative estimate of drug-likeness (QED) is 0.556. The van der Waals surface area contributed by atoms with E-state index in [1.54, 1.807) is 13.1 Å². The number of hydrogen-bond donors (Lipinski definition) is 2. The van der Waals surface area contributed by atoms with Gasteiger partial charge in [-0.3, -0.25) is 4.79 Å². The zero-order valence-electron chi connectivity index (χ0n) is 14.7.